The highest BCUT2D eigenvalue weighted by molar-refractivity contribution is 6.16. The van der Waals surface area contributed by atoms with Gasteiger partial charge in [0, 0.05) is 12.1 Å². The van der Waals surface area contributed by atoms with E-state index in [9.17, 15) is 5.11 Å². The van der Waals surface area contributed by atoms with Crippen LogP contribution < -0.4 is 11.2 Å². The number of para-hydroxylation sites is 1. The average molecular weight is 361 g/mol. The highest BCUT2D eigenvalue weighted by Gasteiger charge is 2.20. The van der Waals surface area contributed by atoms with Gasteiger partial charge in [0.05, 0.1) is 0 Å². The minimum atomic E-state index is 0.0240. The zero-order valence-electron chi connectivity index (χ0n) is 14.1. The van der Waals surface area contributed by atoms with E-state index in [1.165, 1.54) is 0 Å². The number of hydrazone groups is 1. The molecular formula is C18H15N7O2. The zero-order chi connectivity index (χ0) is 18.6. The smallest absolute Gasteiger partial charge is 0.245 e. The molecule has 4 rings (SSSR count). The molecule has 0 amide bonds. The molecule has 134 valence electrons. The van der Waals surface area contributed by atoms with E-state index in [0.29, 0.717) is 23.6 Å². The molecule has 0 atom stereocenters. The number of benzene rings is 2. The first-order chi connectivity index (χ1) is 13.3. The fourth-order valence-corrected chi connectivity index (χ4v) is 2.64. The van der Waals surface area contributed by atoms with Crippen LogP contribution in [0.4, 0.5) is 5.82 Å². The topological polar surface area (TPSA) is 135 Å². The minimum Gasteiger partial charge on any atom is -0.507 e. The molecule has 0 spiro atoms. The second kappa shape index (κ2) is 7.08. The monoisotopic (exact) mass is 361 g/mol. The van der Waals surface area contributed by atoms with Gasteiger partial charge in [-0.05, 0) is 28.0 Å². The first-order valence-electron chi connectivity index (χ1n) is 8.11. The van der Waals surface area contributed by atoms with Gasteiger partial charge in [-0.1, -0.05) is 42.5 Å². The number of aromatic nitrogens is 4. The van der Waals surface area contributed by atoms with Gasteiger partial charge in [0.1, 0.15) is 17.2 Å². The molecule has 2 aromatic carbocycles. The summed E-state index contributed by atoms with van der Waals surface area (Å²) in [7, 11) is 0. The number of anilines is 1. The quantitative estimate of drug-likeness (QED) is 0.279. The second-order valence-electron chi connectivity index (χ2n) is 5.67. The Morgan fingerprint density at radius 3 is 2.44 bits per heavy atom. The third-order valence-corrected chi connectivity index (χ3v) is 3.93. The maximum absolute atomic E-state index is 10.2. The van der Waals surface area contributed by atoms with Crippen LogP contribution in [0.2, 0.25) is 0 Å². The van der Waals surface area contributed by atoms with E-state index >= 15 is 0 Å². The largest absolute Gasteiger partial charge is 0.507 e. The van der Waals surface area contributed by atoms with Crippen LogP contribution in [-0.4, -0.2) is 31.1 Å². The van der Waals surface area contributed by atoms with Crippen LogP contribution in [0.3, 0.4) is 0 Å². The predicted octanol–water partition coefficient (Wildman–Crippen LogP) is 2.04. The Hall–Kier alpha value is -4.01. The summed E-state index contributed by atoms with van der Waals surface area (Å²) < 4.78 is 4.71. The fourth-order valence-electron chi connectivity index (χ4n) is 2.64. The first kappa shape index (κ1) is 16.5. The molecule has 4 N–H and O–H groups in total. The number of phenolic OH excluding ortho intramolecular Hbond substituents is 1. The molecule has 0 aliphatic heterocycles. The van der Waals surface area contributed by atoms with Crippen molar-refractivity contribution in [2.75, 3.05) is 5.32 Å². The maximum Gasteiger partial charge on any atom is 0.245 e. The molecule has 0 radical (unpaired) electrons. The molecule has 0 saturated heterocycles. The van der Waals surface area contributed by atoms with Gasteiger partial charge in [0.2, 0.25) is 11.3 Å². The van der Waals surface area contributed by atoms with Crippen LogP contribution in [-0.2, 0) is 6.54 Å². The molecule has 27 heavy (non-hydrogen) atoms. The fraction of sp³-hybridized carbons (Fsp3) is 0.0556. The number of nitrogens with one attached hydrogen (secondary N) is 1. The maximum atomic E-state index is 10.2. The molecule has 4 aromatic rings. The average Bonchev–Trinajstić information content (AvgIpc) is 3.16. The van der Waals surface area contributed by atoms with Crippen molar-refractivity contribution < 1.29 is 9.74 Å². The minimum absolute atomic E-state index is 0.0240. The van der Waals surface area contributed by atoms with Gasteiger partial charge in [0.15, 0.2) is 5.82 Å². The lowest BCUT2D eigenvalue weighted by Gasteiger charge is -2.12. The molecular weight excluding hydrogens is 346 g/mol. The van der Waals surface area contributed by atoms with Crippen LogP contribution in [0, 0.1) is 0 Å². The summed E-state index contributed by atoms with van der Waals surface area (Å²) in [5.74, 6) is 6.04. The number of rotatable bonds is 5. The van der Waals surface area contributed by atoms with E-state index in [-0.39, 0.29) is 22.8 Å². The highest BCUT2D eigenvalue weighted by Crippen LogP contribution is 2.24. The van der Waals surface area contributed by atoms with Crippen molar-refractivity contribution in [2.45, 2.75) is 6.54 Å². The summed E-state index contributed by atoms with van der Waals surface area (Å²) in [5.41, 5.74) is 2.54. The van der Waals surface area contributed by atoms with Crippen LogP contribution in [0.1, 0.15) is 16.8 Å². The van der Waals surface area contributed by atoms with Crippen molar-refractivity contribution >= 4 is 22.8 Å². The lowest BCUT2D eigenvalue weighted by molar-refractivity contribution is 0.314. The number of fused-ring (bicyclic) bond motifs is 1. The van der Waals surface area contributed by atoms with E-state index in [2.05, 4.69) is 30.7 Å². The molecule has 0 saturated carbocycles. The molecule has 0 unspecified atom stereocenters. The second-order valence-corrected chi connectivity index (χ2v) is 5.67. The number of phenols is 1. The normalized spacial score (nSPS) is 11.6. The third kappa shape index (κ3) is 3.25. The summed E-state index contributed by atoms with van der Waals surface area (Å²) in [6.45, 7) is 0.498. The van der Waals surface area contributed by atoms with Crippen molar-refractivity contribution in [2.24, 2.45) is 10.9 Å². The van der Waals surface area contributed by atoms with Gasteiger partial charge in [-0.2, -0.15) is 5.10 Å². The van der Waals surface area contributed by atoms with E-state index in [1.807, 2.05) is 30.3 Å². The van der Waals surface area contributed by atoms with Crippen molar-refractivity contribution in [3.63, 3.8) is 0 Å². The van der Waals surface area contributed by atoms with Gasteiger partial charge in [-0.25, -0.2) is 14.6 Å². The lowest BCUT2D eigenvalue weighted by atomic mass is 10.1. The van der Waals surface area contributed by atoms with Crippen molar-refractivity contribution in [1.82, 2.24) is 20.3 Å². The Labute approximate surface area is 153 Å². The number of nitrogens with zero attached hydrogens (tertiary/aromatic N) is 5. The van der Waals surface area contributed by atoms with E-state index in [1.54, 1.807) is 24.3 Å². The zero-order valence-corrected chi connectivity index (χ0v) is 14.1. The van der Waals surface area contributed by atoms with Gasteiger partial charge in [0.25, 0.3) is 0 Å². The molecule has 0 aliphatic carbocycles. The first-order valence-corrected chi connectivity index (χ1v) is 8.11. The molecule has 2 aromatic heterocycles. The molecule has 0 fully saturated rings. The van der Waals surface area contributed by atoms with Crippen LogP contribution in [0.5, 0.6) is 5.75 Å². The third-order valence-electron chi connectivity index (χ3n) is 3.93. The van der Waals surface area contributed by atoms with Crippen LogP contribution in [0.25, 0.3) is 11.3 Å². The predicted molar refractivity (Wildman–Crippen MR) is 99.1 cm³/mol. The Bertz CT molecular complexity index is 1110. The number of hydrogen-bond acceptors (Lipinski definition) is 9. The molecule has 9 heteroatoms. The molecule has 0 bridgehead atoms. The van der Waals surface area contributed by atoms with Crippen LogP contribution in [0.15, 0.2) is 64.3 Å². The highest BCUT2D eigenvalue weighted by atomic mass is 16.6. The summed E-state index contributed by atoms with van der Waals surface area (Å²) >= 11 is 0. The SMILES string of the molecule is N/N=C(\c1ccccc1O)c1nc2nonc2nc1NCc1ccccc1. The Kier molecular flexibility index (Phi) is 4.32. The van der Waals surface area contributed by atoms with Crippen LogP contribution >= 0.6 is 0 Å². The molecule has 9 nitrogen and oxygen atoms in total. The van der Waals surface area contributed by atoms with Crippen molar-refractivity contribution in [3.05, 3.63) is 71.4 Å². The summed E-state index contributed by atoms with van der Waals surface area (Å²) in [6.07, 6.45) is 0. The van der Waals surface area contributed by atoms with Crippen molar-refractivity contribution in [3.8, 4) is 5.75 Å². The van der Waals surface area contributed by atoms with E-state index in [0.717, 1.165) is 5.56 Å². The lowest BCUT2D eigenvalue weighted by Crippen LogP contribution is -2.15. The Morgan fingerprint density at radius 2 is 1.70 bits per heavy atom. The van der Waals surface area contributed by atoms with Gasteiger partial charge in [-0.3, -0.25) is 0 Å². The summed E-state index contributed by atoms with van der Waals surface area (Å²) in [6, 6.07) is 16.5. The van der Waals surface area contributed by atoms with E-state index < -0.39 is 0 Å². The Morgan fingerprint density at radius 1 is 1.00 bits per heavy atom. The van der Waals surface area contributed by atoms with Gasteiger partial charge >= 0.3 is 0 Å². The Balaban J connectivity index is 1.79. The number of hydrogen-bond donors (Lipinski definition) is 3. The standard InChI is InChI=1S/C18H15N7O2/c19-23-14(12-8-4-5-9-13(12)26)15-16(20-10-11-6-2-1-3-7-11)22-18-17(21-15)24-27-25-18/h1-9,26H,10,19H2,(H,20,22,25)/b23-14+. The molecule has 0 aliphatic rings. The van der Waals surface area contributed by atoms with Crippen molar-refractivity contribution in [1.29, 1.82) is 0 Å². The summed E-state index contributed by atoms with van der Waals surface area (Å²) in [4.78, 5) is 8.84. The van der Waals surface area contributed by atoms with Gasteiger partial charge < -0.3 is 16.3 Å². The molecule has 2 heterocycles. The number of aromatic hydroxyl groups is 1. The number of nitrogens with two attached hydrogens (primary N) is 1. The van der Waals surface area contributed by atoms with Gasteiger partial charge in [-0.15, -0.1) is 0 Å². The van der Waals surface area contributed by atoms with E-state index in [4.69, 9.17) is 10.5 Å². The summed E-state index contributed by atoms with van der Waals surface area (Å²) in [5, 5.41) is 24.7.